The van der Waals surface area contributed by atoms with Crippen LogP contribution in [0.5, 0.6) is 0 Å². The molecule has 2 aromatic carbocycles. The van der Waals surface area contributed by atoms with E-state index in [2.05, 4.69) is 5.32 Å². The predicted octanol–water partition coefficient (Wildman–Crippen LogP) is 3.66. The summed E-state index contributed by atoms with van der Waals surface area (Å²) in [5, 5.41) is 2.81. The van der Waals surface area contributed by atoms with Crippen LogP contribution in [0.2, 0.25) is 0 Å². The van der Waals surface area contributed by atoms with Gasteiger partial charge in [-0.2, -0.15) is 0 Å². The Hall–Kier alpha value is -3.34. The van der Waals surface area contributed by atoms with E-state index in [-0.39, 0.29) is 18.0 Å². The molecule has 5 nitrogen and oxygen atoms in total. The van der Waals surface area contributed by atoms with Gasteiger partial charge in [-0.3, -0.25) is 4.79 Å². The first-order chi connectivity index (χ1) is 12.7. The molecule has 4 rings (SSSR count). The number of ether oxygens (including phenoxy) is 1. The number of benzene rings is 2. The standard InChI is InChI=1S/C21H17NO4/c23-20(22-13-17-7-4-10-25-17)15-8-9-18-16(11-15)12-19(26-21(18)24)14-5-2-1-3-6-14/h1-11,19H,12-13H2,(H,22,23). The molecule has 1 atom stereocenters. The van der Waals surface area contributed by atoms with Crippen molar-refractivity contribution in [3.05, 3.63) is 94.9 Å². The summed E-state index contributed by atoms with van der Waals surface area (Å²) < 4.78 is 10.8. The maximum atomic E-state index is 12.4. The number of fused-ring (bicyclic) bond motifs is 1. The monoisotopic (exact) mass is 347 g/mol. The Morgan fingerprint density at radius 1 is 1.08 bits per heavy atom. The zero-order valence-electron chi connectivity index (χ0n) is 14.0. The number of esters is 1. The lowest BCUT2D eigenvalue weighted by Gasteiger charge is -2.25. The van der Waals surface area contributed by atoms with Crippen molar-refractivity contribution in [3.63, 3.8) is 0 Å². The van der Waals surface area contributed by atoms with E-state index in [1.54, 1.807) is 36.6 Å². The van der Waals surface area contributed by atoms with Crippen molar-refractivity contribution >= 4 is 11.9 Å². The molecule has 3 aromatic rings. The Bertz CT molecular complexity index is 932. The van der Waals surface area contributed by atoms with Gasteiger partial charge >= 0.3 is 5.97 Å². The summed E-state index contributed by atoms with van der Waals surface area (Å²) >= 11 is 0. The number of amides is 1. The normalized spacial score (nSPS) is 15.8. The van der Waals surface area contributed by atoms with Gasteiger partial charge in [0.2, 0.25) is 0 Å². The van der Waals surface area contributed by atoms with Gasteiger partial charge in [0, 0.05) is 12.0 Å². The molecule has 1 aromatic heterocycles. The number of carbonyl (C=O) groups excluding carboxylic acids is 2. The van der Waals surface area contributed by atoms with Crippen LogP contribution >= 0.6 is 0 Å². The molecular formula is C21H17NO4. The van der Waals surface area contributed by atoms with Crippen LogP contribution in [0.3, 0.4) is 0 Å². The van der Waals surface area contributed by atoms with Gasteiger partial charge in [-0.1, -0.05) is 30.3 Å². The molecule has 0 fully saturated rings. The Labute approximate surface area is 150 Å². The second-order valence-corrected chi connectivity index (χ2v) is 6.14. The molecule has 1 aliphatic heterocycles. The maximum absolute atomic E-state index is 12.4. The lowest BCUT2D eigenvalue weighted by atomic mass is 9.93. The summed E-state index contributed by atoms with van der Waals surface area (Å²) in [6.07, 6.45) is 1.78. The summed E-state index contributed by atoms with van der Waals surface area (Å²) in [7, 11) is 0. The fourth-order valence-corrected chi connectivity index (χ4v) is 3.07. The molecule has 0 saturated carbocycles. The number of carbonyl (C=O) groups is 2. The van der Waals surface area contributed by atoms with E-state index in [1.165, 1.54) is 0 Å². The van der Waals surface area contributed by atoms with Crippen LogP contribution in [0.1, 0.15) is 43.7 Å². The van der Waals surface area contributed by atoms with Crippen LogP contribution in [0, 0.1) is 0 Å². The van der Waals surface area contributed by atoms with E-state index in [4.69, 9.17) is 9.15 Å². The van der Waals surface area contributed by atoms with E-state index in [0.717, 1.165) is 11.1 Å². The van der Waals surface area contributed by atoms with Crippen molar-refractivity contribution in [2.75, 3.05) is 0 Å². The fourth-order valence-electron chi connectivity index (χ4n) is 3.07. The van der Waals surface area contributed by atoms with E-state index in [9.17, 15) is 9.59 Å². The second kappa shape index (κ2) is 6.88. The molecule has 0 aliphatic carbocycles. The first-order valence-electron chi connectivity index (χ1n) is 8.40. The van der Waals surface area contributed by atoms with Crippen molar-refractivity contribution in [3.8, 4) is 0 Å². The number of nitrogens with one attached hydrogen (secondary N) is 1. The first-order valence-corrected chi connectivity index (χ1v) is 8.40. The lowest BCUT2D eigenvalue weighted by molar-refractivity contribution is 0.0252. The molecule has 1 amide bonds. The van der Waals surface area contributed by atoms with Gasteiger partial charge in [0.1, 0.15) is 11.9 Å². The minimum atomic E-state index is -0.359. The average molecular weight is 347 g/mol. The quantitative estimate of drug-likeness (QED) is 0.731. The van der Waals surface area contributed by atoms with E-state index in [0.29, 0.717) is 29.9 Å². The van der Waals surface area contributed by atoms with Gasteiger partial charge in [-0.15, -0.1) is 0 Å². The van der Waals surface area contributed by atoms with Gasteiger partial charge in [0.25, 0.3) is 5.91 Å². The van der Waals surface area contributed by atoms with Crippen LogP contribution in [0.4, 0.5) is 0 Å². The lowest BCUT2D eigenvalue weighted by Crippen LogP contribution is -2.25. The summed E-state index contributed by atoms with van der Waals surface area (Å²) in [4.78, 5) is 24.7. The second-order valence-electron chi connectivity index (χ2n) is 6.14. The van der Waals surface area contributed by atoms with Gasteiger partial charge < -0.3 is 14.5 Å². The van der Waals surface area contributed by atoms with Crippen LogP contribution in [-0.4, -0.2) is 11.9 Å². The van der Waals surface area contributed by atoms with E-state index in [1.807, 2.05) is 30.3 Å². The summed E-state index contributed by atoms with van der Waals surface area (Å²) in [6.45, 7) is 0.317. The first kappa shape index (κ1) is 16.1. The molecule has 0 spiro atoms. The number of furan rings is 1. The largest absolute Gasteiger partial charge is 0.467 e. The molecule has 130 valence electrons. The molecule has 1 N–H and O–H groups in total. The van der Waals surface area contributed by atoms with E-state index >= 15 is 0 Å². The highest BCUT2D eigenvalue weighted by molar-refractivity contribution is 5.97. The third-order valence-electron chi connectivity index (χ3n) is 4.42. The predicted molar refractivity (Wildman–Crippen MR) is 94.6 cm³/mol. The van der Waals surface area contributed by atoms with Crippen LogP contribution < -0.4 is 5.32 Å². The van der Waals surface area contributed by atoms with Gasteiger partial charge in [0.05, 0.1) is 18.4 Å². The SMILES string of the molecule is O=C(NCc1ccco1)c1ccc2c(c1)CC(c1ccccc1)OC2=O. The van der Waals surface area contributed by atoms with Crippen molar-refractivity contribution < 1.29 is 18.7 Å². The Balaban J connectivity index is 1.54. The number of hydrogen-bond donors (Lipinski definition) is 1. The molecule has 1 unspecified atom stereocenters. The van der Waals surface area contributed by atoms with E-state index < -0.39 is 0 Å². The van der Waals surface area contributed by atoms with Crippen LogP contribution in [-0.2, 0) is 17.7 Å². The topological polar surface area (TPSA) is 68.5 Å². The van der Waals surface area contributed by atoms with Crippen molar-refractivity contribution in [2.45, 2.75) is 19.1 Å². The van der Waals surface area contributed by atoms with Crippen LogP contribution in [0.15, 0.2) is 71.3 Å². The third-order valence-corrected chi connectivity index (χ3v) is 4.42. The molecule has 0 bridgehead atoms. The molecule has 1 aliphatic rings. The summed E-state index contributed by atoms with van der Waals surface area (Å²) in [5.74, 6) is 0.117. The highest BCUT2D eigenvalue weighted by atomic mass is 16.5. The Kier molecular flexibility index (Phi) is 4.27. The molecule has 2 heterocycles. The maximum Gasteiger partial charge on any atom is 0.339 e. The smallest absolute Gasteiger partial charge is 0.339 e. The van der Waals surface area contributed by atoms with Crippen molar-refractivity contribution in [1.29, 1.82) is 0 Å². The summed E-state index contributed by atoms with van der Waals surface area (Å²) in [5.41, 5.74) is 2.79. The number of rotatable bonds is 4. The zero-order valence-corrected chi connectivity index (χ0v) is 14.0. The van der Waals surface area contributed by atoms with Gasteiger partial charge in [-0.05, 0) is 41.5 Å². The molecule has 0 saturated heterocycles. The highest BCUT2D eigenvalue weighted by Crippen LogP contribution is 2.31. The van der Waals surface area contributed by atoms with Crippen LogP contribution in [0.25, 0.3) is 0 Å². The van der Waals surface area contributed by atoms with Gasteiger partial charge in [0.15, 0.2) is 0 Å². The molecule has 0 radical (unpaired) electrons. The zero-order chi connectivity index (χ0) is 17.9. The average Bonchev–Trinajstić information content (AvgIpc) is 3.20. The van der Waals surface area contributed by atoms with Crippen molar-refractivity contribution in [2.24, 2.45) is 0 Å². The number of cyclic esters (lactones) is 1. The van der Waals surface area contributed by atoms with Crippen molar-refractivity contribution in [1.82, 2.24) is 5.32 Å². The molecule has 5 heteroatoms. The fraction of sp³-hybridized carbons (Fsp3) is 0.143. The highest BCUT2D eigenvalue weighted by Gasteiger charge is 2.28. The Morgan fingerprint density at radius 2 is 1.92 bits per heavy atom. The minimum absolute atomic E-state index is 0.209. The third kappa shape index (κ3) is 3.24. The minimum Gasteiger partial charge on any atom is -0.467 e. The summed E-state index contributed by atoms with van der Waals surface area (Å²) in [6, 6.07) is 18.2. The Morgan fingerprint density at radius 3 is 2.69 bits per heavy atom. The molecular weight excluding hydrogens is 330 g/mol. The number of hydrogen-bond acceptors (Lipinski definition) is 4. The molecule has 26 heavy (non-hydrogen) atoms. The van der Waals surface area contributed by atoms with Gasteiger partial charge in [-0.25, -0.2) is 4.79 Å².